The van der Waals surface area contributed by atoms with Crippen molar-refractivity contribution in [1.82, 2.24) is 4.98 Å². The number of nitrogens with zero attached hydrogens (tertiary/aromatic N) is 1. The molecule has 0 aromatic carbocycles. The van der Waals surface area contributed by atoms with E-state index in [0.717, 1.165) is 0 Å². The minimum absolute atomic E-state index is 0.122. The highest BCUT2D eigenvalue weighted by Gasteiger charge is 2.11. The maximum Gasteiger partial charge on any atom is 0.280 e. The average Bonchev–Trinajstić information content (AvgIpc) is 2.16. The minimum Gasteiger partial charge on any atom is -0.497 e. The van der Waals surface area contributed by atoms with Gasteiger partial charge in [-0.1, -0.05) is 0 Å². The summed E-state index contributed by atoms with van der Waals surface area (Å²) in [4.78, 5) is 3.64. The van der Waals surface area contributed by atoms with E-state index in [2.05, 4.69) is 4.98 Å². The maximum atomic E-state index is 12.2. The Hall–Kier alpha value is -1.23. The number of halogens is 2. The number of methoxy groups -OCH3 is 1. The number of hydrogen-bond donors (Lipinski definition) is 1. The van der Waals surface area contributed by atoms with E-state index in [4.69, 9.17) is 10.5 Å². The molecule has 5 heteroatoms. The highest BCUT2D eigenvalue weighted by atomic mass is 19.3. The largest absolute Gasteiger partial charge is 0.497 e. The summed E-state index contributed by atoms with van der Waals surface area (Å²) in [5.41, 5.74) is 5.37. The molecule has 0 radical (unpaired) electrons. The summed E-state index contributed by atoms with van der Waals surface area (Å²) < 4.78 is 29.3. The highest BCUT2D eigenvalue weighted by molar-refractivity contribution is 5.27. The third kappa shape index (κ3) is 2.35. The molecule has 0 aliphatic heterocycles. The van der Waals surface area contributed by atoms with Crippen LogP contribution in [-0.4, -0.2) is 12.1 Å². The van der Waals surface area contributed by atoms with Crippen molar-refractivity contribution in [3.63, 3.8) is 0 Å². The third-order valence-corrected chi connectivity index (χ3v) is 1.54. The monoisotopic (exact) mass is 188 g/mol. The van der Waals surface area contributed by atoms with Crippen molar-refractivity contribution in [2.45, 2.75) is 13.0 Å². The van der Waals surface area contributed by atoms with Crippen LogP contribution in [0.4, 0.5) is 8.78 Å². The van der Waals surface area contributed by atoms with Crippen LogP contribution in [0.2, 0.25) is 0 Å². The molecule has 0 saturated heterocycles. The molecule has 0 bridgehead atoms. The average molecular weight is 188 g/mol. The molecule has 0 amide bonds. The second kappa shape index (κ2) is 4.13. The van der Waals surface area contributed by atoms with Crippen LogP contribution in [0, 0.1) is 0 Å². The van der Waals surface area contributed by atoms with Gasteiger partial charge in [0.2, 0.25) is 0 Å². The Morgan fingerprint density at radius 1 is 1.54 bits per heavy atom. The Bertz CT molecular complexity index is 269. The van der Waals surface area contributed by atoms with E-state index < -0.39 is 6.43 Å². The summed E-state index contributed by atoms with van der Waals surface area (Å²) in [5.74, 6) is 0.353. The molecule has 13 heavy (non-hydrogen) atoms. The summed E-state index contributed by atoms with van der Waals surface area (Å²) in [6, 6.07) is 2.73. The topological polar surface area (TPSA) is 48.1 Å². The van der Waals surface area contributed by atoms with Crippen molar-refractivity contribution in [2.75, 3.05) is 7.11 Å². The Kier molecular flexibility index (Phi) is 3.13. The van der Waals surface area contributed by atoms with Crippen LogP contribution in [0.1, 0.15) is 17.8 Å². The molecule has 0 aliphatic carbocycles. The second-order valence-corrected chi connectivity index (χ2v) is 2.43. The first-order valence-electron chi connectivity index (χ1n) is 3.70. The molecule has 0 spiro atoms. The van der Waals surface area contributed by atoms with Crippen LogP contribution in [0.3, 0.4) is 0 Å². The van der Waals surface area contributed by atoms with Gasteiger partial charge >= 0.3 is 0 Å². The SMILES string of the molecule is COc1cc(CN)nc(C(F)F)c1. The summed E-state index contributed by atoms with van der Waals surface area (Å²) in [5, 5.41) is 0. The maximum absolute atomic E-state index is 12.2. The summed E-state index contributed by atoms with van der Waals surface area (Å²) in [6.07, 6.45) is -2.60. The Morgan fingerprint density at radius 2 is 2.23 bits per heavy atom. The summed E-state index contributed by atoms with van der Waals surface area (Å²) >= 11 is 0. The van der Waals surface area contributed by atoms with E-state index in [-0.39, 0.29) is 12.2 Å². The fourth-order valence-electron chi connectivity index (χ4n) is 0.916. The van der Waals surface area contributed by atoms with Gasteiger partial charge in [-0.05, 0) is 0 Å². The number of hydrogen-bond acceptors (Lipinski definition) is 3. The van der Waals surface area contributed by atoms with E-state index in [0.29, 0.717) is 11.4 Å². The number of rotatable bonds is 3. The van der Waals surface area contributed by atoms with Crippen LogP contribution in [0.25, 0.3) is 0 Å². The van der Waals surface area contributed by atoms with Gasteiger partial charge in [0.1, 0.15) is 11.4 Å². The minimum atomic E-state index is -2.60. The fourth-order valence-corrected chi connectivity index (χ4v) is 0.916. The first-order valence-corrected chi connectivity index (χ1v) is 3.70. The van der Waals surface area contributed by atoms with Gasteiger partial charge in [0.05, 0.1) is 12.8 Å². The zero-order valence-corrected chi connectivity index (χ0v) is 7.13. The number of ether oxygens (including phenoxy) is 1. The van der Waals surface area contributed by atoms with Gasteiger partial charge in [0.15, 0.2) is 0 Å². The van der Waals surface area contributed by atoms with Crippen LogP contribution < -0.4 is 10.5 Å². The first kappa shape index (κ1) is 9.85. The van der Waals surface area contributed by atoms with Crippen molar-refractivity contribution in [2.24, 2.45) is 5.73 Å². The van der Waals surface area contributed by atoms with Gasteiger partial charge in [-0.3, -0.25) is 4.98 Å². The van der Waals surface area contributed by atoms with Crippen LogP contribution >= 0.6 is 0 Å². The molecular formula is C8H10F2N2O. The van der Waals surface area contributed by atoms with Gasteiger partial charge < -0.3 is 10.5 Å². The Labute approximate surface area is 74.5 Å². The third-order valence-electron chi connectivity index (χ3n) is 1.54. The molecule has 0 aliphatic rings. The predicted octanol–water partition coefficient (Wildman–Crippen LogP) is 1.49. The van der Waals surface area contributed by atoms with Gasteiger partial charge in [-0.15, -0.1) is 0 Å². The highest BCUT2D eigenvalue weighted by Crippen LogP contribution is 2.21. The van der Waals surface area contributed by atoms with Crippen molar-refractivity contribution < 1.29 is 13.5 Å². The van der Waals surface area contributed by atoms with E-state index in [1.165, 1.54) is 19.2 Å². The molecule has 1 aromatic heterocycles. The zero-order valence-electron chi connectivity index (χ0n) is 7.13. The van der Waals surface area contributed by atoms with Crippen molar-refractivity contribution >= 4 is 0 Å². The van der Waals surface area contributed by atoms with E-state index in [9.17, 15) is 8.78 Å². The molecule has 2 N–H and O–H groups in total. The number of aromatic nitrogens is 1. The van der Waals surface area contributed by atoms with Crippen molar-refractivity contribution in [3.05, 3.63) is 23.5 Å². The van der Waals surface area contributed by atoms with E-state index >= 15 is 0 Å². The molecule has 1 aromatic rings. The number of nitrogens with two attached hydrogens (primary N) is 1. The lowest BCUT2D eigenvalue weighted by atomic mass is 10.3. The molecule has 0 atom stereocenters. The molecule has 0 unspecified atom stereocenters. The summed E-state index contributed by atoms with van der Waals surface area (Å²) in [7, 11) is 1.41. The number of alkyl halides is 2. The second-order valence-electron chi connectivity index (χ2n) is 2.43. The van der Waals surface area contributed by atoms with Gasteiger partial charge in [0.25, 0.3) is 6.43 Å². The Balaban J connectivity index is 3.07. The molecule has 72 valence electrons. The predicted molar refractivity (Wildman–Crippen MR) is 43.6 cm³/mol. The molecule has 1 heterocycles. The molecule has 3 nitrogen and oxygen atoms in total. The lowest BCUT2D eigenvalue weighted by Gasteiger charge is -2.05. The lowest BCUT2D eigenvalue weighted by Crippen LogP contribution is -2.03. The van der Waals surface area contributed by atoms with Crippen LogP contribution in [0.15, 0.2) is 12.1 Å². The summed E-state index contributed by atoms with van der Waals surface area (Å²) in [6.45, 7) is 0.122. The fraction of sp³-hybridized carbons (Fsp3) is 0.375. The number of pyridine rings is 1. The first-order chi connectivity index (χ1) is 6.17. The molecule has 0 fully saturated rings. The molecular weight excluding hydrogens is 178 g/mol. The van der Waals surface area contributed by atoms with E-state index in [1.807, 2.05) is 0 Å². The van der Waals surface area contributed by atoms with Crippen LogP contribution in [0.5, 0.6) is 5.75 Å². The zero-order chi connectivity index (χ0) is 9.84. The smallest absolute Gasteiger partial charge is 0.280 e. The standard InChI is InChI=1S/C8H10F2N2O/c1-13-6-2-5(4-11)12-7(3-6)8(9)10/h2-3,8H,4,11H2,1H3. The van der Waals surface area contributed by atoms with Gasteiger partial charge in [-0.2, -0.15) is 0 Å². The van der Waals surface area contributed by atoms with Gasteiger partial charge in [0, 0.05) is 18.7 Å². The van der Waals surface area contributed by atoms with Gasteiger partial charge in [-0.25, -0.2) is 8.78 Å². The lowest BCUT2D eigenvalue weighted by molar-refractivity contribution is 0.145. The van der Waals surface area contributed by atoms with Crippen molar-refractivity contribution in [1.29, 1.82) is 0 Å². The normalized spacial score (nSPS) is 10.5. The molecule has 0 saturated carbocycles. The van der Waals surface area contributed by atoms with Crippen LogP contribution in [-0.2, 0) is 6.54 Å². The van der Waals surface area contributed by atoms with E-state index in [1.54, 1.807) is 0 Å². The quantitative estimate of drug-likeness (QED) is 0.781. The Morgan fingerprint density at radius 3 is 2.69 bits per heavy atom. The van der Waals surface area contributed by atoms with Crippen molar-refractivity contribution in [3.8, 4) is 5.75 Å². The molecule has 1 rings (SSSR count).